The molecule has 4 rings (SSSR count). The average molecular weight is 444 g/mol. The first-order valence-corrected chi connectivity index (χ1v) is 11.6. The SMILES string of the molecule is O=C(CSc1nnc(-c2cccnc2)n1Cc1ccccc1)NCCCc1ccccc1. The number of aromatic nitrogens is 4. The van der Waals surface area contributed by atoms with Gasteiger partial charge in [-0.25, -0.2) is 0 Å². The van der Waals surface area contributed by atoms with E-state index in [2.05, 4.69) is 44.8 Å². The van der Waals surface area contributed by atoms with Crippen molar-refractivity contribution in [2.75, 3.05) is 12.3 Å². The van der Waals surface area contributed by atoms with E-state index < -0.39 is 0 Å². The summed E-state index contributed by atoms with van der Waals surface area (Å²) in [6.45, 7) is 1.28. The normalized spacial score (nSPS) is 10.8. The average Bonchev–Trinajstić information content (AvgIpc) is 3.24. The molecule has 0 aliphatic rings. The number of thioether (sulfide) groups is 1. The number of pyridine rings is 1. The van der Waals surface area contributed by atoms with E-state index in [9.17, 15) is 4.79 Å². The summed E-state index contributed by atoms with van der Waals surface area (Å²) in [5, 5.41) is 12.5. The first kappa shape index (κ1) is 21.8. The van der Waals surface area contributed by atoms with Crippen LogP contribution in [-0.2, 0) is 17.8 Å². The highest BCUT2D eigenvalue weighted by atomic mass is 32.2. The van der Waals surface area contributed by atoms with Gasteiger partial charge in [0.15, 0.2) is 11.0 Å². The minimum Gasteiger partial charge on any atom is -0.355 e. The van der Waals surface area contributed by atoms with Gasteiger partial charge in [-0.1, -0.05) is 72.4 Å². The van der Waals surface area contributed by atoms with Crippen molar-refractivity contribution < 1.29 is 4.79 Å². The monoisotopic (exact) mass is 443 g/mol. The Bertz CT molecular complexity index is 1120. The summed E-state index contributed by atoms with van der Waals surface area (Å²) in [5.41, 5.74) is 3.32. The van der Waals surface area contributed by atoms with Crippen LogP contribution in [-0.4, -0.2) is 38.0 Å². The molecule has 0 unspecified atom stereocenters. The molecule has 0 fully saturated rings. The zero-order valence-corrected chi connectivity index (χ0v) is 18.5. The highest BCUT2D eigenvalue weighted by Crippen LogP contribution is 2.24. The van der Waals surface area contributed by atoms with Crippen LogP contribution in [0.25, 0.3) is 11.4 Å². The molecular weight excluding hydrogens is 418 g/mol. The van der Waals surface area contributed by atoms with Crippen LogP contribution < -0.4 is 5.32 Å². The number of carbonyl (C=O) groups is 1. The molecule has 0 spiro atoms. The van der Waals surface area contributed by atoms with Crippen LogP contribution in [0.5, 0.6) is 0 Å². The van der Waals surface area contributed by atoms with Crippen molar-refractivity contribution in [3.8, 4) is 11.4 Å². The molecule has 0 atom stereocenters. The van der Waals surface area contributed by atoms with Crippen molar-refractivity contribution in [3.63, 3.8) is 0 Å². The van der Waals surface area contributed by atoms with E-state index in [-0.39, 0.29) is 5.91 Å². The predicted octanol–water partition coefficient (Wildman–Crippen LogP) is 4.23. The second-order valence-corrected chi connectivity index (χ2v) is 8.29. The number of aryl methyl sites for hydroxylation is 1. The summed E-state index contributed by atoms with van der Waals surface area (Å²) in [5.74, 6) is 1.04. The summed E-state index contributed by atoms with van der Waals surface area (Å²) in [4.78, 5) is 16.6. The smallest absolute Gasteiger partial charge is 0.230 e. The van der Waals surface area contributed by atoms with E-state index in [1.807, 2.05) is 53.1 Å². The lowest BCUT2D eigenvalue weighted by atomic mass is 10.1. The van der Waals surface area contributed by atoms with Gasteiger partial charge in [0, 0.05) is 24.5 Å². The quantitative estimate of drug-likeness (QED) is 0.293. The fourth-order valence-corrected chi connectivity index (χ4v) is 4.13. The fraction of sp³-hybridized carbons (Fsp3) is 0.200. The van der Waals surface area contributed by atoms with Gasteiger partial charge in [0.1, 0.15) is 0 Å². The van der Waals surface area contributed by atoms with Crippen LogP contribution in [0.4, 0.5) is 0 Å². The molecular formula is C25H25N5OS. The van der Waals surface area contributed by atoms with Crippen molar-refractivity contribution in [3.05, 3.63) is 96.3 Å². The molecule has 0 radical (unpaired) electrons. The number of amides is 1. The number of hydrogen-bond acceptors (Lipinski definition) is 5. The number of rotatable bonds is 10. The van der Waals surface area contributed by atoms with Gasteiger partial charge in [0.05, 0.1) is 12.3 Å². The van der Waals surface area contributed by atoms with Gasteiger partial charge in [-0.3, -0.25) is 14.3 Å². The van der Waals surface area contributed by atoms with Crippen molar-refractivity contribution >= 4 is 17.7 Å². The maximum atomic E-state index is 12.4. The third-order valence-corrected chi connectivity index (χ3v) is 5.93. The van der Waals surface area contributed by atoms with Crippen LogP contribution in [0.3, 0.4) is 0 Å². The molecule has 7 heteroatoms. The number of benzene rings is 2. The first-order chi connectivity index (χ1) is 15.8. The van der Waals surface area contributed by atoms with Gasteiger partial charge in [-0.15, -0.1) is 10.2 Å². The Labute approximate surface area is 192 Å². The Morgan fingerprint density at radius 3 is 2.38 bits per heavy atom. The molecule has 1 amide bonds. The molecule has 0 aliphatic heterocycles. The molecule has 0 aliphatic carbocycles. The van der Waals surface area contributed by atoms with E-state index >= 15 is 0 Å². The van der Waals surface area contributed by atoms with Gasteiger partial charge in [-0.2, -0.15) is 0 Å². The number of nitrogens with one attached hydrogen (secondary N) is 1. The molecule has 2 aromatic heterocycles. The molecule has 1 N–H and O–H groups in total. The van der Waals surface area contributed by atoms with E-state index in [1.54, 1.807) is 12.4 Å². The maximum Gasteiger partial charge on any atom is 0.230 e. The molecule has 162 valence electrons. The number of nitrogens with zero attached hydrogens (tertiary/aromatic N) is 4. The zero-order chi connectivity index (χ0) is 22.0. The molecule has 2 heterocycles. The Morgan fingerprint density at radius 1 is 0.906 bits per heavy atom. The lowest BCUT2D eigenvalue weighted by Gasteiger charge is -2.10. The topological polar surface area (TPSA) is 72.7 Å². The lowest BCUT2D eigenvalue weighted by Crippen LogP contribution is -2.26. The molecule has 6 nitrogen and oxygen atoms in total. The van der Waals surface area contributed by atoms with Crippen LogP contribution in [0, 0.1) is 0 Å². The van der Waals surface area contributed by atoms with Crippen LogP contribution in [0.1, 0.15) is 17.5 Å². The Hall–Kier alpha value is -3.45. The highest BCUT2D eigenvalue weighted by Gasteiger charge is 2.16. The predicted molar refractivity (Wildman–Crippen MR) is 127 cm³/mol. The summed E-state index contributed by atoms with van der Waals surface area (Å²) in [6, 6.07) is 24.3. The summed E-state index contributed by atoms with van der Waals surface area (Å²) >= 11 is 1.40. The van der Waals surface area contributed by atoms with Crippen molar-refractivity contribution in [1.29, 1.82) is 0 Å². The van der Waals surface area contributed by atoms with Crippen molar-refractivity contribution in [1.82, 2.24) is 25.1 Å². The van der Waals surface area contributed by atoms with E-state index in [0.29, 0.717) is 24.0 Å². The minimum absolute atomic E-state index is 0.000232. The van der Waals surface area contributed by atoms with Gasteiger partial charge in [-0.05, 0) is 36.1 Å². The second-order valence-electron chi connectivity index (χ2n) is 7.35. The fourth-order valence-electron chi connectivity index (χ4n) is 3.36. The molecule has 32 heavy (non-hydrogen) atoms. The standard InChI is InChI=1S/C25H25N5OS/c31-23(27-16-7-13-20-9-3-1-4-10-20)19-32-25-29-28-24(22-14-8-15-26-17-22)30(25)18-21-11-5-2-6-12-21/h1-6,8-12,14-15,17H,7,13,16,18-19H2,(H,27,31). The summed E-state index contributed by atoms with van der Waals surface area (Å²) in [7, 11) is 0. The zero-order valence-electron chi connectivity index (χ0n) is 17.7. The second kappa shape index (κ2) is 11.2. The van der Waals surface area contributed by atoms with E-state index in [1.165, 1.54) is 17.3 Å². The Morgan fingerprint density at radius 2 is 1.66 bits per heavy atom. The van der Waals surface area contributed by atoms with Crippen molar-refractivity contribution in [2.24, 2.45) is 0 Å². The van der Waals surface area contributed by atoms with E-state index in [0.717, 1.165) is 29.8 Å². The number of carbonyl (C=O) groups excluding carboxylic acids is 1. The van der Waals surface area contributed by atoms with Gasteiger partial charge in [0.2, 0.25) is 5.91 Å². The van der Waals surface area contributed by atoms with Gasteiger partial charge < -0.3 is 5.32 Å². The molecule has 0 saturated heterocycles. The first-order valence-electron chi connectivity index (χ1n) is 10.6. The molecule has 0 bridgehead atoms. The third kappa shape index (κ3) is 6.04. The van der Waals surface area contributed by atoms with Gasteiger partial charge >= 0.3 is 0 Å². The maximum absolute atomic E-state index is 12.4. The lowest BCUT2D eigenvalue weighted by molar-refractivity contribution is -0.118. The van der Waals surface area contributed by atoms with Crippen LogP contribution in [0.2, 0.25) is 0 Å². The number of hydrogen-bond donors (Lipinski definition) is 1. The molecule has 4 aromatic rings. The minimum atomic E-state index is 0.000232. The Kier molecular flexibility index (Phi) is 7.65. The highest BCUT2D eigenvalue weighted by molar-refractivity contribution is 7.99. The molecule has 0 saturated carbocycles. The van der Waals surface area contributed by atoms with Crippen LogP contribution in [0.15, 0.2) is 90.3 Å². The summed E-state index contributed by atoms with van der Waals surface area (Å²) < 4.78 is 2.04. The van der Waals surface area contributed by atoms with Crippen LogP contribution >= 0.6 is 11.8 Å². The summed E-state index contributed by atoms with van der Waals surface area (Å²) in [6.07, 6.45) is 5.38. The largest absolute Gasteiger partial charge is 0.355 e. The van der Waals surface area contributed by atoms with E-state index in [4.69, 9.17) is 0 Å². The Balaban J connectivity index is 1.37. The van der Waals surface area contributed by atoms with Gasteiger partial charge in [0.25, 0.3) is 0 Å². The molecule has 2 aromatic carbocycles. The van der Waals surface area contributed by atoms with Crippen molar-refractivity contribution in [2.45, 2.75) is 24.5 Å². The third-order valence-electron chi connectivity index (χ3n) is 4.96.